The molecule has 19 heavy (non-hydrogen) atoms. The number of aryl methyl sites for hydroxylation is 1. The molecule has 2 rings (SSSR count). The molecular weight excluding hydrogens is 240 g/mol. The van der Waals surface area contributed by atoms with Crippen molar-refractivity contribution >= 4 is 17.3 Å². The fraction of sp³-hybridized carbons (Fsp3) is 0.133. The van der Waals surface area contributed by atoms with E-state index < -0.39 is 0 Å². The molecule has 1 amide bonds. The van der Waals surface area contributed by atoms with Gasteiger partial charge >= 0.3 is 0 Å². The average molecular weight is 256 g/mol. The van der Waals surface area contributed by atoms with Gasteiger partial charge in [0, 0.05) is 17.8 Å². The second-order valence-electron chi connectivity index (χ2n) is 4.34. The Morgan fingerprint density at radius 2 is 1.68 bits per heavy atom. The zero-order chi connectivity index (χ0) is 13.7. The fourth-order valence-electron chi connectivity index (χ4n) is 1.71. The summed E-state index contributed by atoms with van der Waals surface area (Å²) in [7, 11) is 0. The second kappa shape index (κ2) is 5.91. The van der Waals surface area contributed by atoms with Crippen molar-refractivity contribution in [2.75, 3.05) is 11.1 Å². The maximum absolute atomic E-state index is 11.7. The number of hydrogen-bond acceptors (Lipinski definition) is 3. The third kappa shape index (κ3) is 4.03. The normalized spacial score (nSPS) is 10.1. The van der Waals surface area contributed by atoms with E-state index in [1.54, 1.807) is 12.1 Å². The van der Waals surface area contributed by atoms with Crippen LogP contribution >= 0.6 is 0 Å². The van der Waals surface area contributed by atoms with Crippen molar-refractivity contribution in [1.29, 1.82) is 0 Å². The third-order valence-corrected chi connectivity index (χ3v) is 2.77. The minimum atomic E-state index is -0.0532. The largest absolute Gasteiger partial charge is 0.508 e. The summed E-state index contributed by atoms with van der Waals surface area (Å²) in [6.45, 7) is 0. The van der Waals surface area contributed by atoms with Gasteiger partial charge in [0.05, 0.1) is 0 Å². The minimum Gasteiger partial charge on any atom is -0.508 e. The van der Waals surface area contributed by atoms with Crippen molar-refractivity contribution in [3.63, 3.8) is 0 Å². The summed E-state index contributed by atoms with van der Waals surface area (Å²) in [5.41, 5.74) is 8.08. The summed E-state index contributed by atoms with van der Waals surface area (Å²) in [4.78, 5) is 11.7. The van der Waals surface area contributed by atoms with Gasteiger partial charge in [-0.1, -0.05) is 12.1 Å². The van der Waals surface area contributed by atoms with E-state index in [-0.39, 0.29) is 11.7 Å². The number of aromatic hydroxyl groups is 1. The predicted molar refractivity (Wildman–Crippen MR) is 75.9 cm³/mol. The van der Waals surface area contributed by atoms with E-state index in [2.05, 4.69) is 5.32 Å². The molecule has 0 heterocycles. The molecule has 0 atom stereocenters. The van der Waals surface area contributed by atoms with Crippen LogP contribution in [0.4, 0.5) is 11.4 Å². The van der Waals surface area contributed by atoms with Crippen molar-refractivity contribution in [3.05, 3.63) is 54.1 Å². The number of anilines is 2. The summed E-state index contributed by atoms with van der Waals surface area (Å²) < 4.78 is 0. The SMILES string of the molecule is Nc1ccc(CCC(=O)Nc2ccc(O)cc2)cc1. The molecule has 4 heteroatoms. The summed E-state index contributed by atoms with van der Waals surface area (Å²) >= 11 is 0. The van der Waals surface area contributed by atoms with Gasteiger partial charge in [-0.15, -0.1) is 0 Å². The number of phenolic OH excluding ortho intramolecular Hbond substituents is 1. The summed E-state index contributed by atoms with van der Waals surface area (Å²) in [6, 6.07) is 13.9. The first-order valence-electron chi connectivity index (χ1n) is 6.07. The number of nitrogens with two attached hydrogens (primary N) is 1. The van der Waals surface area contributed by atoms with Gasteiger partial charge in [0.25, 0.3) is 0 Å². The zero-order valence-electron chi connectivity index (χ0n) is 10.5. The molecule has 4 nitrogen and oxygen atoms in total. The van der Waals surface area contributed by atoms with Crippen molar-refractivity contribution in [2.24, 2.45) is 0 Å². The fourth-order valence-corrected chi connectivity index (χ4v) is 1.71. The molecule has 4 N–H and O–H groups in total. The molecule has 98 valence electrons. The average Bonchev–Trinajstić information content (AvgIpc) is 2.41. The van der Waals surface area contributed by atoms with Crippen LogP contribution in [0.2, 0.25) is 0 Å². The third-order valence-electron chi connectivity index (χ3n) is 2.77. The zero-order valence-corrected chi connectivity index (χ0v) is 10.5. The van der Waals surface area contributed by atoms with Crippen LogP contribution in [0.15, 0.2) is 48.5 Å². The Kier molecular flexibility index (Phi) is 4.03. The Balaban J connectivity index is 1.84. The van der Waals surface area contributed by atoms with E-state index in [1.807, 2.05) is 24.3 Å². The number of amides is 1. The number of nitrogens with one attached hydrogen (secondary N) is 1. The number of phenols is 1. The lowest BCUT2D eigenvalue weighted by atomic mass is 10.1. The number of benzene rings is 2. The van der Waals surface area contributed by atoms with E-state index in [9.17, 15) is 4.79 Å². The summed E-state index contributed by atoms with van der Waals surface area (Å²) in [5.74, 6) is 0.127. The Morgan fingerprint density at radius 1 is 1.05 bits per heavy atom. The Morgan fingerprint density at radius 3 is 2.32 bits per heavy atom. The van der Waals surface area contributed by atoms with Crippen LogP contribution in [-0.2, 0) is 11.2 Å². The van der Waals surface area contributed by atoms with Crippen LogP contribution in [0.1, 0.15) is 12.0 Å². The van der Waals surface area contributed by atoms with Crippen LogP contribution < -0.4 is 11.1 Å². The number of rotatable bonds is 4. The van der Waals surface area contributed by atoms with Gasteiger partial charge in [-0.3, -0.25) is 4.79 Å². The molecule has 0 aromatic heterocycles. The van der Waals surface area contributed by atoms with E-state index in [4.69, 9.17) is 10.8 Å². The van der Waals surface area contributed by atoms with Gasteiger partial charge in [0.2, 0.25) is 5.91 Å². The first-order valence-corrected chi connectivity index (χ1v) is 6.07. The summed E-state index contributed by atoms with van der Waals surface area (Å²) in [6.07, 6.45) is 1.08. The molecule has 2 aromatic carbocycles. The van der Waals surface area contributed by atoms with Crippen LogP contribution in [0.25, 0.3) is 0 Å². The maximum Gasteiger partial charge on any atom is 0.224 e. The molecule has 0 bridgehead atoms. The Bertz CT molecular complexity index is 547. The van der Waals surface area contributed by atoms with Crippen molar-refractivity contribution in [2.45, 2.75) is 12.8 Å². The van der Waals surface area contributed by atoms with Gasteiger partial charge in [0.15, 0.2) is 0 Å². The quantitative estimate of drug-likeness (QED) is 0.581. The number of hydrogen-bond donors (Lipinski definition) is 3. The molecule has 0 spiro atoms. The first kappa shape index (κ1) is 13.0. The summed E-state index contributed by atoms with van der Waals surface area (Å²) in [5, 5.41) is 11.9. The smallest absolute Gasteiger partial charge is 0.224 e. The molecule has 0 aliphatic carbocycles. The molecule has 0 saturated heterocycles. The number of carbonyl (C=O) groups is 1. The topological polar surface area (TPSA) is 75.4 Å². The van der Waals surface area contributed by atoms with E-state index in [0.717, 1.165) is 11.3 Å². The molecule has 0 fully saturated rings. The lowest BCUT2D eigenvalue weighted by Crippen LogP contribution is -2.12. The second-order valence-corrected chi connectivity index (χ2v) is 4.34. The van der Waals surface area contributed by atoms with Gasteiger partial charge < -0.3 is 16.2 Å². The standard InChI is InChI=1S/C15H16N2O2/c16-12-4-1-11(2-5-12)3-10-15(19)17-13-6-8-14(18)9-7-13/h1-2,4-9,18H,3,10,16H2,(H,17,19). The monoisotopic (exact) mass is 256 g/mol. The lowest BCUT2D eigenvalue weighted by Gasteiger charge is -2.05. The maximum atomic E-state index is 11.7. The van der Waals surface area contributed by atoms with E-state index in [1.165, 1.54) is 12.1 Å². The molecular formula is C15H16N2O2. The first-order chi connectivity index (χ1) is 9.13. The molecule has 2 aromatic rings. The molecule has 0 radical (unpaired) electrons. The van der Waals surface area contributed by atoms with Gasteiger partial charge in [-0.05, 0) is 48.4 Å². The van der Waals surface area contributed by atoms with Gasteiger partial charge in [0.1, 0.15) is 5.75 Å². The van der Waals surface area contributed by atoms with Crippen LogP contribution in [0.3, 0.4) is 0 Å². The molecule has 0 aliphatic heterocycles. The van der Waals surface area contributed by atoms with Crippen LogP contribution in [0, 0.1) is 0 Å². The highest BCUT2D eigenvalue weighted by atomic mass is 16.3. The molecule has 0 unspecified atom stereocenters. The van der Waals surface area contributed by atoms with E-state index in [0.29, 0.717) is 18.5 Å². The van der Waals surface area contributed by atoms with E-state index >= 15 is 0 Å². The van der Waals surface area contributed by atoms with Gasteiger partial charge in [-0.2, -0.15) is 0 Å². The Labute approximate surface area is 111 Å². The highest BCUT2D eigenvalue weighted by Crippen LogP contribution is 2.14. The van der Waals surface area contributed by atoms with Crippen LogP contribution in [-0.4, -0.2) is 11.0 Å². The molecule has 0 saturated carbocycles. The number of carbonyl (C=O) groups excluding carboxylic acids is 1. The molecule has 0 aliphatic rings. The van der Waals surface area contributed by atoms with Crippen molar-refractivity contribution in [3.8, 4) is 5.75 Å². The van der Waals surface area contributed by atoms with Gasteiger partial charge in [-0.25, -0.2) is 0 Å². The minimum absolute atomic E-state index is 0.0532. The highest BCUT2D eigenvalue weighted by Gasteiger charge is 2.03. The van der Waals surface area contributed by atoms with Crippen molar-refractivity contribution < 1.29 is 9.90 Å². The van der Waals surface area contributed by atoms with Crippen LogP contribution in [0.5, 0.6) is 5.75 Å². The lowest BCUT2D eigenvalue weighted by molar-refractivity contribution is -0.116. The highest BCUT2D eigenvalue weighted by molar-refractivity contribution is 5.90. The van der Waals surface area contributed by atoms with Crippen molar-refractivity contribution in [1.82, 2.24) is 0 Å². The number of nitrogen functional groups attached to an aromatic ring is 1. The predicted octanol–water partition coefficient (Wildman–Crippen LogP) is 2.55. The Hall–Kier alpha value is -2.49.